The molecule has 1 aromatic carbocycles. The van der Waals surface area contributed by atoms with Crippen LogP contribution in [0.15, 0.2) is 60.0 Å². The molecule has 2 rings (SSSR count). The van der Waals surface area contributed by atoms with Gasteiger partial charge in [-0.2, -0.15) is 5.10 Å². The van der Waals surface area contributed by atoms with E-state index in [2.05, 4.69) is 15.5 Å². The second-order valence-electron chi connectivity index (χ2n) is 3.35. The highest BCUT2D eigenvalue weighted by Gasteiger charge is 2.01. The van der Waals surface area contributed by atoms with E-state index in [1.807, 2.05) is 30.3 Å². The highest BCUT2D eigenvalue weighted by atomic mass is 16.2. The number of pyridine rings is 1. The number of carbonyl (C=O) groups is 1. The quantitative estimate of drug-likeness (QED) is 0.640. The molecule has 4 nitrogen and oxygen atoms in total. The van der Waals surface area contributed by atoms with Crippen molar-refractivity contribution in [1.82, 2.24) is 10.4 Å². The van der Waals surface area contributed by atoms with Gasteiger partial charge in [0.15, 0.2) is 0 Å². The molecule has 0 bridgehead atoms. The molecule has 0 aliphatic rings. The zero-order valence-electron chi connectivity index (χ0n) is 9.08. The smallest absolute Gasteiger partial charge is 0.267 e. The van der Waals surface area contributed by atoms with E-state index in [1.54, 1.807) is 30.7 Å². The summed E-state index contributed by atoms with van der Waals surface area (Å²) >= 11 is 0. The van der Waals surface area contributed by atoms with Gasteiger partial charge in [-0.15, -0.1) is 0 Å². The van der Waals surface area contributed by atoms with Crippen molar-refractivity contribution in [2.45, 2.75) is 0 Å². The molecule has 0 radical (unpaired) electrons. The van der Waals surface area contributed by atoms with Crippen LogP contribution in [-0.2, 0) is 0 Å². The molecule has 17 heavy (non-hydrogen) atoms. The number of amides is 1. The van der Waals surface area contributed by atoms with Crippen molar-refractivity contribution < 1.29 is 4.79 Å². The minimum Gasteiger partial charge on any atom is -0.267 e. The molecule has 1 amide bonds. The molecule has 1 aromatic heterocycles. The van der Waals surface area contributed by atoms with Crippen LogP contribution in [0, 0.1) is 0 Å². The van der Waals surface area contributed by atoms with Crippen molar-refractivity contribution in [3.05, 3.63) is 66.0 Å². The summed E-state index contributed by atoms with van der Waals surface area (Å²) in [5.41, 5.74) is 3.92. The lowest BCUT2D eigenvalue weighted by atomic mass is 10.2. The summed E-state index contributed by atoms with van der Waals surface area (Å²) in [5, 5.41) is 3.87. The first-order valence-corrected chi connectivity index (χ1v) is 5.15. The summed E-state index contributed by atoms with van der Waals surface area (Å²) in [6.07, 6.45) is 4.73. The molecular weight excluding hydrogens is 214 g/mol. The molecule has 0 fully saturated rings. The van der Waals surface area contributed by atoms with E-state index in [0.29, 0.717) is 5.56 Å². The molecular formula is C13H11N3O. The maximum absolute atomic E-state index is 11.6. The topological polar surface area (TPSA) is 54.4 Å². The Morgan fingerprint density at radius 1 is 1.12 bits per heavy atom. The molecule has 2 aromatic rings. The molecule has 0 unspecified atom stereocenters. The van der Waals surface area contributed by atoms with Crippen molar-refractivity contribution >= 4 is 12.1 Å². The van der Waals surface area contributed by atoms with Crippen molar-refractivity contribution in [2.75, 3.05) is 0 Å². The number of aromatic nitrogens is 1. The molecule has 0 saturated carbocycles. The van der Waals surface area contributed by atoms with Crippen LogP contribution in [-0.4, -0.2) is 17.1 Å². The van der Waals surface area contributed by atoms with Crippen LogP contribution in [0.2, 0.25) is 0 Å². The van der Waals surface area contributed by atoms with Crippen molar-refractivity contribution in [2.24, 2.45) is 5.10 Å². The Balaban J connectivity index is 1.95. The predicted molar refractivity (Wildman–Crippen MR) is 65.7 cm³/mol. The zero-order chi connectivity index (χ0) is 11.9. The van der Waals surface area contributed by atoms with Crippen LogP contribution in [0.4, 0.5) is 0 Å². The number of carbonyl (C=O) groups excluding carboxylic acids is 1. The molecule has 0 aliphatic carbocycles. The van der Waals surface area contributed by atoms with Gasteiger partial charge < -0.3 is 0 Å². The van der Waals surface area contributed by atoms with Crippen LogP contribution < -0.4 is 5.43 Å². The minimum atomic E-state index is -0.250. The maximum Gasteiger partial charge on any atom is 0.271 e. The maximum atomic E-state index is 11.6. The average Bonchev–Trinajstić information content (AvgIpc) is 2.41. The zero-order valence-corrected chi connectivity index (χ0v) is 9.08. The third-order valence-electron chi connectivity index (χ3n) is 2.12. The average molecular weight is 225 g/mol. The predicted octanol–water partition coefficient (Wildman–Crippen LogP) is 1.85. The summed E-state index contributed by atoms with van der Waals surface area (Å²) in [7, 11) is 0. The van der Waals surface area contributed by atoms with Crippen LogP contribution in [0.5, 0.6) is 0 Å². The number of hydrogen-bond acceptors (Lipinski definition) is 3. The Bertz CT molecular complexity index is 509. The van der Waals surface area contributed by atoms with Crippen LogP contribution in [0.3, 0.4) is 0 Å². The highest BCUT2D eigenvalue weighted by Crippen LogP contribution is 1.96. The third-order valence-corrected chi connectivity index (χ3v) is 2.12. The Hall–Kier alpha value is -2.49. The number of nitrogens with zero attached hydrogens (tertiary/aromatic N) is 2. The molecule has 0 spiro atoms. The van der Waals surface area contributed by atoms with Gasteiger partial charge in [0.2, 0.25) is 0 Å². The third kappa shape index (κ3) is 3.24. The molecule has 1 heterocycles. The molecule has 1 N–H and O–H groups in total. The van der Waals surface area contributed by atoms with Crippen LogP contribution >= 0.6 is 0 Å². The van der Waals surface area contributed by atoms with E-state index in [9.17, 15) is 4.79 Å². The lowest BCUT2D eigenvalue weighted by Gasteiger charge is -1.98. The first-order chi connectivity index (χ1) is 8.36. The molecule has 0 saturated heterocycles. The van der Waals surface area contributed by atoms with Crippen molar-refractivity contribution in [3.63, 3.8) is 0 Å². The van der Waals surface area contributed by atoms with E-state index in [1.165, 1.54) is 0 Å². The number of hydrazone groups is 1. The second kappa shape index (κ2) is 5.55. The molecule has 0 aliphatic heterocycles. The number of rotatable bonds is 3. The first kappa shape index (κ1) is 11.0. The monoisotopic (exact) mass is 225 g/mol. The highest BCUT2D eigenvalue weighted by molar-refractivity contribution is 5.94. The van der Waals surface area contributed by atoms with Gasteiger partial charge in [-0.3, -0.25) is 9.78 Å². The lowest BCUT2D eigenvalue weighted by molar-refractivity contribution is 0.0955. The van der Waals surface area contributed by atoms with Gasteiger partial charge in [0.05, 0.1) is 6.21 Å². The largest absolute Gasteiger partial charge is 0.271 e. The van der Waals surface area contributed by atoms with Gasteiger partial charge in [0.1, 0.15) is 0 Å². The van der Waals surface area contributed by atoms with E-state index in [4.69, 9.17) is 0 Å². The standard InChI is InChI=1S/C13H11N3O/c17-13(12-6-8-14-9-7-12)16-15-10-11-4-2-1-3-5-11/h1-10H,(H,16,17)/b15-10+. The van der Waals surface area contributed by atoms with Gasteiger partial charge >= 0.3 is 0 Å². The Morgan fingerprint density at radius 2 is 1.82 bits per heavy atom. The number of benzene rings is 1. The SMILES string of the molecule is O=C(N/N=C/c1ccccc1)c1ccncc1. The summed E-state index contributed by atoms with van der Waals surface area (Å²) in [4.78, 5) is 15.4. The summed E-state index contributed by atoms with van der Waals surface area (Å²) in [6, 6.07) is 12.8. The summed E-state index contributed by atoms with van der Waals surface area (Å²) < 4.78 is 0. The van der Waals surface area contributed by atoms with E-state index in [0.717, 1.165) is 5.56 Å². The van der Waals surface area contributed by atoms with Crippen molar-refractivity contribution in [1.29, 1.82) is 0 Å². The normalized spacial score (nSPS) is 10.4. The first-order valence-electron chi connectivity index (χ1n) is 5.15. The van der Waals surface area contributed by atoms with E-state index in [-0.39, 0.29) is 5.91 Å². The Kier molecular flexibility index (Phi) is 3.60. The second-order valence-corrected chi connectivity index (χ2v) is 3.35. The molecule has 84 valence electrons. The van der Waals surface area contributed by atoms with Gasteiger partial charge in [-0.1, -0.05) is 30.3 Å². The molecule has 4 heteroatoms. The Morgan fingerprint density at radius 3 is 2.53 bits per heavy atom. The fourth-order valence-electron chi connectivity index (χ4n) is 1.27. The number of hydrogen-bond donors (Lipinski definition) is 1. The van der Waals surface area contributed by atoms with Gasteiger partial charge in [-0.25, -0.2) is 5.43 Å². The minimum absolute atomic E-state index is 0.250. The van der Waals surface area contributed by atoms with Gasteiger partial charge in [0.25, 0.3) is 5.91 Å². The van der Waals surface area contributed by atoms with Gasteiger partial charge in [0, 0.05) is 18.0 Å². The lowest BCUT2D eigenvalue weighted by Crippen LogP contribution is -2.17. The van der Waals surface area contributed by atoms with Gasteiger partial charge in [-0.05, 0) is 17.7 Å². The van der Waals surface area contributed by atoms with E-state index < -0.39 is 0 Å². The Labute approximate surface area is 99.0 Å². The van der Waals surface area contributed by atoms with E-state index >= 15 is 0 Å². The summed E-state index contributed by atoms with van der Waals surface area (Å²) in [5.74, 6) is -0.250. The fraction of sp³-hybridized carbons (Fsp3) is 0. The summed E-state index contributed by atoms with van der Waals surface area (Å²) in [6.45, 7) is 0. The number of nitrogens with one attached hydrogen (secondary N) is 1. The fourth-order valence-corrected chi connectivity index (χ4v) is 1.27. The molecule has 0 atom stereocenters. The van der Waals surface area contributed by atoms with Crippen LogP contribution in [0.1, 0.15) is 15.9 Å². The van der Waals surface area contributed by atoms with Crippen molar-refractivity contribution in [3.8, 4) is 0 Å². The van der Waals surface area contributed by atoms with Crippen LogP contribution in [0.25, 0.3) is 0 Å².